The zero-order chi connectivity index (χ0) is 15.6. The molecule has 1 amide bonds. The Morgan fingerprint density at radius 2 is 1.95 bits per heavy atom. The molecule has 114 valence electrons. The monoisotopic (exact) mass is 312 g/mol. The van der Waals surface area contributed by atoms with Crippen LogP contribution in [0, 0.1) is 0 Å². The van der Waals surface area contributed by atoms with Crippen molar-refractivity contribution in [2.75, 3.05) is 6.54 Å². The van der Waals surface area contributed by atoms with Gasteiger partial charge in [-0.25, -0.2) is 13.6 Å². The molecule has 3 N–H and O–H groups in total. The van der Waals surface area contributed by atoms with Gasteiger partial charge in [-0.2, -0.15) is 0 Å². The predicted octanol–water partition coefficient (Wildman–Crippen LogP) is -0.297. The molecule has 1 aromatic carbocycles. The summed E-state index contributed by atoms with van der Waals surface area (Å²) in [4.78, 5) is 24.1. The summed E-state index contributed by atoms with van der Waals surface area (Å²) >= 11 is 0. The number of hydrogen-bond acceptors (Lipinski definition) is 4. The van der Waals surface area contributed by atoms with Gasteiger partial charge in [-0.1, -0.05) is 24.3 Å². The van der Waals surface area contributed by atoms with E-state index in [2.05, 4.69) is 0 Å². The standard InChI is InChI=1S/C13H16N2O5S/c14-21(19,20)11-6-12(16)15(8-11)7-10-4-2-1-3-9(10)5-13(17)18/h1-4,11H,5-8H2,(H,17,18)(H2,14,19,20). The number of nitrogens with zero attached hydrogens (tertiary/aromatic N) is 1. The summed E-state index contributed by atoms with van der Waals surface area (Å²) in [6, 6.07) is 6.89. The lowest BCUT2D eigenvalue weighted by molar-refractivity contribution is -0.136. The first-order chi connectivity index (χ1) is 9.77. The second-order valence-electron chi connectivity index (χ2n) is 5.03. The van der Waals surface area contributed by atoms with E-state index in [9.17, 15) is 18.0 Å². The Morgan fingerprint density at radius 1 is 1.33 bits per heavy atom. The van der Waals surface area contributed by atoms with E-state index in [1.165, 1.54) is 4.90 Å². The van der Waals surface area contributed by atoms with Crippen LogP contribution in [0.4, 0.5) is 0 Å². The van der Waals surface area contributed by atoms with Crippen molar-refractivity contribution in [3.63, 3.8) is 0 Å². The maximum Gasteiger partial charge on any atom is 0.307 e. The molecule has 2 rings (SSSR count). The molecule has 1 unspecified atom stereocenters. The first-order valence-electron chi connectivity index (χ1n) is 6.35. The summed E-state index contributed by atoms with van der Waals surface area (Å²) < 4.78 is 22.6. The van der Waals surface area contributed by atoms with Crippen molar-refractivity contribution in [3.05, 3.63) is 35.4 Å². The number of carbonyl (C=O) groups excluding carboxylic acids is 1. The fraction of sp³-hybridized carbons (Fsp3) is 0.385. The lowest BCUT2D eigenvalue weighted by Crippen LogP contribution is -2.32. The van der Waals surface area contributed by atoms with Gasteiger partial charge in [0.1, 0.15) is 5.25 Å². The van der Waals surface area contributed by atoms with Crippen molar-refractivity contribution in [2.45, 2.75) is 24.6 Å². The van der Waals surface area contributed by atoms with Crippen LogP contribution in [0.2, 0.25) is 0 Å². The molecule has 1 atom stereocenters. The van der Waals surface area contributed by atoms with Gasteiger partial charge in [-0.15, -0.1) is 0 Å². The minimum absolute atomic E-state index is 0.0407. The number of benzene rings is 1. The molecular weight excluding hydrogens is 296 g/mol. The third-order valence-corrected chi connectivity index (χ3v) is 4.71. The Labute approximate surface area is 122 Å². The van der Waals surface area contributed by atoms with E-state index in [4.69, 9.17) is 10.2 Å². The maximum absolute atomic E-state index is 11.9. The highest BCUT2D eigenvalue weighted by Crippen LogP contribution is 2.21. The van der Waals surface area contributed by atoms with Crippen LogP contribution in [-0.2, 0) is 32.6 Å². The molecule has 0 bridgehead atoms. The number of rotatable bonds is 5. The molecule has 1 aliphatic heterocycles. The lowest BCUT2D eigenvalue weighted by atomic mass is 10.0. The first-order valence-corrected chi connectivity index (χ1v) is 7.96. The molecule has 0 radical (unpaired) electrons. The summed E-state index contributed by atoms with van der Waals surface area (Å²) in [6.07, 6.45) is -0.267. The van der Waals surface area contributed by atoms with Crippen molar-refractivity contribution in [3.8, 4) is 0 Å². The predicted molar refractivity (Wildman–Crippen MR) is 74.7 cm³/mol. The fourth-order valence-corrected chi connectivity index (χ4v) is 3.12. The highest BCUT2D eigenvalue weighted by molar-refractivity contribution is 7.89. The SMILES string of the molecule is NS(=O)(=O)C1CC(=O)N(Cc2ccccc2CC(=O)O)C1. The molecule has 8 heteroatoms. The van der Waals surface area contributed by atoms with Crippen molar-refractivity contribution in [1.29, 1.82) is 0 Å². The van der Waals surface area contributed by atoms with Crippen LogP contribution in [0.3, 0.4) is 0 Å². The normalized spacial score (nSPS) is 19.0. The van der Waals surface area contributed by atoms with Crippen LogP contribution in [-0.4, -0.2) is 42.1 Å². The molecule has 0 saturated carbocycles. The zero-order valence-corrected chi connectivity index (χ0v) is 12.0. The van der Waals surface area contributed by atoms with Gasteiger partial charge in [0.05, 0.1) is 6.42 Å². The van der Waals surface area contributed by atoms with E-state index in [1.807, 2.05) is 0 Å². The Hall–Kier alpha value is -1.93. The summed E-state index contributed by atoms with van der Waals surface area (Å²) in [5, 5.41) is 13.1. The zero-order valence-electron chi connectivity index (χ0n) is 11.2. The van der Waals surface area contributed by atoms with Gasteiger partial charge in [0.15, 0.2) is 0 Å². The number of carbonyl (C=O) groups is 2. The van der Waals surface area contributed by atoms with Crippen molar-refractivity contribution >= 4 is 21.9 Å². The number of carboxylic acid groups (broad SMARTS) is 1. The third kappa shape index (κ3) is 3.79. The van der Waals surface area contributed by atoms with E-state index in [-0.39, 0.29) is 31.8 Å². The second kappa shape index (κ2) is 5.82. The minimum Gasteiger partial charge on any atom is -0.481 e. The van der Waals surface area contributed by atoms with Crippen molar-refractivity contribution in [2.24, 2.45) is 5.14 Å². The number of primary sulfonamides is 1. The third-order valence-electron chi connectivity index (χ3n) is 3.46. The van der Waals surface area contributed by atoms with Gasteiger partial charge in [0.25, 0.3) is 0 Å². The number of hydrogen-bond donors (Lipinski definition) is 2. The van der Waals surface area contributed by atoms with Gasteiger partial charge in [-0.05, 0) is 11.1 Å². The number of aliphatic carboxylic acids is 1. The Morgan fingerprint density at radius 3 is 2.48 bits per heavy atom. The highest BCUT2D eigenvalue weighted by Gasteiger charge is 2.36. The molecule has 7 nitrogen and oxygen atoms in total. The van der Waals surface area contributed by atoms with E-state index in [1.54, 1.807) is 24.3 Å². The fourth-order valence-electron chi connectivity index (χ4n) is 2.36. The number of nitrogens with two attached hydrogens (primary N) is 1. The Balaban J connectivity index is 2.16. The molecule has 1 heterocycles. The molecule has 1 aromatic rings. The maximum atomic E-state index is 11.9. The largest absolute Gasteiger partial charge is 0.481 e. The Bertz CT molecular complexity index is 671. The van der Waals surface area contributed by atoms with Crippen molar-refractivity contribution in [1.82, 2.24) is 4.90 Å². The summed E-state index contributed by atoms with van der Waals surface area (Å²) in [6.45, 7) is 0.230. The Kier molecular flexibility index (Phi) is 4.29. The van der Waals surface area contributed by atoms with Crippen LogP contribution in [0.5, 0.6) is 0 Å². The van der Waals surface area contributed by atoms with E-state index >= 15 is 0 Å². The van der Waals surface area contributed by atoms with E-state index < -0.39 is 21.2 Å². The first kappa shape index (κ1) is 15.5. The second-order valence-corrected chi connectivity index (χ2v) is 6.87. The van der Waals surface area contributed by atoms with Crippen LogP contribution in [0.25, 0.3) is 0 Å². The summed E-state index contributed by atoms with van der Waals surface area (Å²) in [5.41, 5.74) is 1.31. The molecule has 0 aliphatic carbocycles. The number of carboxylic acids is 1. The molecule has 0 aromatic heterocycles. The summed E-state index contributed by atoms with van der Waals surface area (Å²) in [5.74, 6) is -1.25. The molecule has 1 aliphatic rings. The number of amides is 1. The quantitative estimate of drug-likeness (QED) is 0.774. The van der Waals surface area contributed by atoms with Gasteiger partial charge in [0, 0.05) is 19.5 Å². The number of sulfonamides is 1. The molecular formula is C13H16N2O5S. The van der Waals surface area contributed by atoms with Gasteiger partial charge in [0.2, 0.25) is 15.9 Å². The average molecular weight is 312 g/mol. The molecule has 1 saturated heterocycles. The number of likely N-dealkylation sites (tertiary alicyclic amines) is 1. The van der Waals surface area contributed by atoms with E-state index in [0.717, 1.165) is 0 Å². The van der Waals surface area contributed by atoms with Crippen LogP contribution in [0.15, 0.2) is 24.3 Å². The molecule has 1 fully saturated rings. The van der Waals surface area contributed by atoms with Crippen LogP contribution in [0.1, 0.15) is 17.5 Å². The average Bonchev–Trinajstić information content (AvgIpc) is 2.73. The smallest absolute Gasteiger partial charge is 0.307 e. The van der Waals surface area contributed by atoms with Crippen LogP contribution >= 0.6 is 0 Å². The van der Waals surface area contributed by atoms with E-state index in [0.29, 0.717) is 11.1 Å². The highest BCUT2D eigenvalue weighted by atomic mass is 32.2. The molecule has 21 heavy (non-hydrogen) atoms. The van der Waals surface area contributed by atoms with Crippen LogP contribution < -0.4 is 5.14 Å². The minimum atomic E-state index is -3.75. The summed E-state index contributed by atoms with van der Waals surface area (Å²) in [7, 11) is -3.75. The van der Waals surface area contributed by atoms with Crippen molar-refractivity contribution < 1.29 is 23.1 Å². The molecule has 0 spiro atoms. The van der Waals surface area contributed by atoms with Gasteiger partial charge >= 0.3 is 5.97 Å². The van der Waals surface area contributed by atoms with Gasteiger partial charge < -0.3 is 10.0 Å². The topological polar surface area (TPSA) is 118 Å². The van der Waals surface area contributed by atoms with Gasteiger partial charge in [-0.3, -0.25) is 9.59 Å². The lowest BCUT2D eigenvalue weighted by Gasteiger charge is -2.18.